The summed E-state index contributed by atoms with van der Waals surface area (Å²) >= 11 is 11.7. The molecule has 172 valence electrons. The minimum Gasteiger partial charge on any atom is -0.425 e. The smallest absolute Gasteiger partial charge is 0.425 e. The Balaban J connectivity index is 2.99. The molecule has 2 aromatic rings. The van der Waals surface area contributed by atoms with E-state index in [1.807, 2.05) is 0 Å². The second kappa shape index (κ2) is 8.30. The number of rotatable bonds is 4. The van der Waals surface area contributed by atoms with E-state index in [0.717, 1.165) is 6.92 Å². The van der Waals surface area contributed by atoms with Gasteiger partial charge in [0.15, 0.2) is 5.76 Å². The van der Waals surface area contributed by atoms with E-state index in [-0.39, 0.29) is 16.9 Å². The minimum atomic E-state index is -6.11. The molecule has 16 heteroatoms. The Bertz CT molecular complexity index is 1280. The summed E-state index contributed by atoms with van der Waals surface area (Å²) in [7, 11) is -6.11. The number of benzene rings is 1. The maximum atomic E-state index is 13.2. The first-order valence-corrected chi connectivity index (χ1v) is 9.95. The number of nitrogens with zero attached hydrogens (tertiary/aromatic N) is 3. The molecule has 7 nitrogen and oxygen atoms in total. The second-order valence-corrected chi connectivity index (χ2v) is 8.48. The van der Waals surface area contributed by atoms with Gasteiger partial charge in [0.2, 0.25) is 0 Å². The molecule has 0 bridgehead atoms. The summed E-state index contributed by atoms with van der Waals surface area (Å²) in [5.41, 5.74) is -10.5. The third kappa shape index (κ3) is 4.41. The lowest BCUT2D eigenvalue weighted by Gasteiger charge is -2.17. The number of hydrogen-bond acceptors (Lipinski definition) is 6. The van der Waals surface area contributed by atoms with E-state index in [0.29, 0.717) is 0 Å². The van der Waals surface area contributed by atoms with Crippen LogP contribution in [-0.2, 0) is 25.5 Å². The third-order valence-electron chi connectivity index (χ3n) is 3.68. The van der Waals surface area contributed by atoms with Gasteiger partial charge in [-0.2, -0.15) is 36.7 Å². The predicted molar refractivity (Wildman–Crippen MR) is 97.3 cm³/mol. The zero-order valence-electron chi connectivity index (χ0n) is 15.3. The van der Waals surface area contributed by atoms with Crippen LogP contribution in [-0.4, -0.2) is 29.7 Å². The second-order valence-electron chi connectivity index (χ2n) is 5.79. The molecule has 0 radical (unpaired) electrons. The summed E-state index contributed by atoms with van der Waals surface area (Å²) in [6, 6.07) is 1.44. The van der Waals surface area contributed by atoms with Gasteiger partial charge < -0.3 is 4.74 Å². The van der Waals surface area contributed by atoms with Crippen LogP contribution in [0, 0.1) is 11.3 Å². The number of sulfone groups is 1. The lowest BCUT2D eigenvalue weighted by Crippen LogP contribution is -2.24. The molecule has 32 heavy (non-hydrogen) atoms. The van der Waals surface area contributed by atoms with E-state index in [2.05, 4.69) is 16.4 Å². The number of hydrogen-bond donors (Lipinski definition) is 0. The number of esters is 1. The lowest BCUT2D eigenvalue weighted by molar-refractivity contribution is -0.138. The Morgan fingerprint density at radius 1 is 1.25 bits per heavy atom. The van der Waals surface area contributed by atoms with Gasteiger partial charge in [-0.05, 0) is 6.07 Å². The van der Waals surface area contributed by atoms with E-state index in [1.54, 1.807) is 0 Å². The molecule has 1 aromatic heterocycles. The maximum Gasteiger partial charge on any atom is 0.502 e. The highest BCUT2D eigenvalue weighted by molar-refractivity contribution is 7.92. The van der Waals surface area contributed by atoms with Crippen molar-refractivity contribution in [2.24, 2.45) is 0 Å². The standard InChI is InChI=1S/C16H7Cl2F6N3O4S/c1-6(31-7(2)28)13-11(32(29,30)16(22,23)24)5-26-27(13)14-10(17)3-9(15(19,20)21)8(4-25)12(14)18/h3,5H,1H2,2H3. The number of carbonyl (C=O) groups is 1. The van der Waals surface area contributed by atoms with Crippen LogP contribution in [0.15, 0.2) is 23.7 Å². The van der Waals surface area contributed by atoms with E-state index in [1.165, 1.54) is 6.07 Å². The molecular formula is C16H7Cl2F6N3O4S. The average molecular weight is 522 g/mol. The number of halogens is 8. The average Bonchev–Trinajstić information content (AvgIpc) is 3.04. The number of alkyl halides is 6. The van der Waals surface area contributed by atoms with E-state index < -0.39 is 70.7 Å². The molecule has 0 aliphatic carbocycles. The van der Waals surface area contributed by atoms with Crippen molar-refractivity contribution in [1.82, 2.24) is 9.78 Å². The van der Waals surface area contributed by atoms with E-state index in [4.69, 9.17) is 28.5 Å². The van der Waals surface area contributed by atoms with Crippen LogP contribution in [0.1, 0.15) is 23.7 Å². The van der Waals surface area contributed by atoms with Gasteiger partial charge in [0.1, 0.15) is 22.3 Å². The highest BCUT2D eigenvalue weighted by Crippen LogP contribution is 2.43. The van der Waals surface area contributed by atoms with Crippen molar-refractivity contribution in [1.29, 1.82) is 5.26 Å². The number of aromatic nitrogens is 2. The molecule has 0 fully saturated rings. The Hall–Kier alpha value is -2.76. The number of carbonyl (C=O) groups excluding carboxylic acids is 1. The molecule has 0 atom stereocenters. The summed E-state index contributed by atoms with van der Waals surface area (Å²) in [6.45, 7) is 3.99. The van der Waals surface area contributed by atoms with Crippen molar-refractivity contribution in [3.8, 4) is 11.8 Å². The SMILES string of the molecule is C=C(OC(C)=O)c1c(S(=O)(=O)C(F)(F)F)cnn1-c1c(Cl)cc(C(F)(F)F)c(C#N)c1Cl. The van der Waals surface area contributed by atoms with Crippen LogP contribution in [0.3, 0.4) is 0 Å². The number of nitriles is 1. The van der Waals surface area contributed by atoms with E-state index >= 15 is 0 Å². The molecule has 2 rings (SSSR count). The van der Waals surface area contributed by atoms with Gasteiger partial charge in [-0.25, -0.2) is 13.1 Å². The molecular weight excluding hydrogens is 515 g/mol. The Morgan fingerprint density at radius 2 is 1.81 bits per heavy atom. The van der Waals surface area contributed by atoms with Crippen LogP contribution in [0.2, 0.25) is 10.0 Å². The zero-order valence-corrected chi connectivity index (χ0v) is 17.6. The monoisotopic (exact) mass is 521 g/mol. The van der Waals surface area contributed by atoms with Crippen LogP contribution in [0.25, 0.3) is 11.4 Å². The lowest BCUT2D eigenvalue weighted by atomic mass is 10.1. The van der Waals surface area contributed by atoms with Gasteiger partial charge in [-0.3, -0.25) is 4.79 Å². The molecule has 0 amide bonds. The van der Waals surface area contributed by atoms with Crippen molar-refractivity contribution >= 4 is 44.8 Å². The summed E-state index contributed by atoms with van der Waals surface area (Å²) < 4.78 is 108. The van der Waals surface area contributed by atoms with Crippen molar-refractivity contribution in [2.75, 3.05) is 0 Å². The normalized spacial score (nSPS) is 12.4. The zero-order chi connectivity index (χ0) is 24.8. The maximum absolute atomic E-state index is 13.2. The van der Waals surface area contributed by atoms with Gasteiger partial charge in [-0.1, -0.05) is 29.8 Å². The van der Waals surface area contributed by atoms with Crippen molar-refractivity contribution < 1.29 is 44.3 Å². The Kier molecular flexibility index (Phi) is 6.62. The minimum absolute atomic E-state index is 0.184. The largest absolute Gasteiger partial charge is 0.502 e. The van der Waals surface area contributed by atoms with Crippen LogP contribution >= 0.6 is 23.2 Å². The van der Waals surface area contributed by atoms with Gasteiger partial charge in [0, 0.05) is 6.92 Å². The molecule has 0 N–H and O–H groups in total. The van der Waals surface area contributed by atoms with Crippen molar-refractivity contribution in [2.45, 2.75) is 23.5 Å². The quantitative estimate of drug-likeness (QED) is 0.322. The van der Waals surface area contributed by atoms with Gasteiger partial charge in [0.05, 0.1) is 27.4 Å². The van der Waals surface area contributed by atoms with Crippen molar-refractivity contribution in [3.05, 3.63) is 45.7 Å². The fraction of sp³-hybridized carbons (Fsp3) is 0.188. The van der Waals surface area contributed by atoms with Gasteiger partial charge in [-0.15, -0.1) is 0 Å². The van der Waals surface area contributed by atoms with Crippen LogP contribution in [0.4, 0.5) is 26.3 Å². The summed E-state index contributed by atoms with van der Waals surface area (Å²) in [5, 5.41) is 10.7. The summed E-state index contributed by atoms with van der Waals surface area (Å²) in [5.74, 6) is -2.09. The predicted octanol–water partition coefficient (Wildman–Crippen LogP) is 4.90. The van der Waals surface area contributed by atoms with Crippen LogP contribution in [0.5, 0.6) is 0 Å². The first kappa shape index (κ1) is 25.5. The van der Waals surface area contributed by atoms with Gasteiger partial charge in [0.25, 0.3) is 9.84 Å². The molecule has 0 saturated carbocycles. The Morgan fingerprint density at radius 3 is 2.25 bits per heavy atom. The summed E-state index contributed by atoms with van der Waals surface area (Å²) in [4.78, 5) is 9.69. The molecule has 1 aromatic carbocycles. The molecule has 1 heterocycles. The first-order valence-electron chi connectivity index (χ1n) is 7.71. The highest BCUT2D eigenvalue weighted by Gasteiger charge is 2.50. The fourth-order valence-corrected chi connectivity index (χ4v) is 3.99. The first-order chi connectivity index (χ1) is 14.4. The molecule has 0 saturated heterocycles. The summed E-state index contributed by atoms with van der Waals surface area (Å²) in [6.07, 6.45) is -4.90. The van der Waals surface area contributed by atoms with Crippen molar-refractivity contribution in [3.63, 3.8) is 0 Å². The van der Waals surface area contributed by atoms with E-state index in [9.17, 15) is 39.6 Å². The third-order valence-corrected chi connectivity index (χ3v) is 5.83. The fourth-order valence-electron chi connectivity index (χ4n) is 2.44. The topological polar surface area (TPSA) is 102 Å². The Labute approximate surface area is 185 Å². The molecule has 0 spiro atoms. The van der Waals surface area contributed by atoms with Gasteiger partial charge >= 0.3 is 17.7 Å². The molecule has 0 aliphatic rings. The highest BCUT2D eigenvalue weighted by atomic mass is 35.5. The molecule has 0 unspecified atom stereocenters. The molecule has 0 aliphatic heterocycles. The van der Waals surface area contributed by atoms with Crippen LogP contribution < -0.4 is 0 Å². The number of ether oxygens (including phenoxy) is 1.